The minimum Gasteiger partial charge on any atom is -0.497 e. The van der Waals surface area contributed by atoms with E-state index in [-0.39, 0.29) is 23.9 Å². The molecule has 1 aliphatic rings. The van der Waals surface area contributed by atoms with Crippen molar-refractivity contribution in [3.8, 4) is 17.2 Å². The molecule has 0 saturated carbocycles. The predicted octanol–water partition coefficient (Wildman–Crippen LogP) is 4.15. The largest absolute Gasteiger partial charge is 0.497 e. The van der Waals surface area contributed by atoms with Gasteiger partial charge in [-0.05, 0) is 54.8 Å². The Labute approximate surface area is 155 Å². The van der Waals surface area contributed by atoms with E-state index in [1.54, 1.807) is 21.3 Å². The van der Waals surface area contributed by atoms with Crippen LogP contribution in [-0.2, 0) is 6.54 Å². The summed E-state index contributed by atoms with van der Waals surface area (Å²) in [6.45, 7) is 5.27. The maximum absolute atomic E-state index is 5.53. The lowest BCUT2D eigenvalue weighted by molar-refractivity contribution is 0.316. The van der Waals surface area contributed by atoms with Crippen LogP contribution < -0.4 is 19.5 Å². The second-order valence-electron chi connectivity index (χ2n) is 6.69. The molecule has 4 nitrogen and oxygen atoms in total. The molecule has 1 N–H and O–H groups in total. The maximum atomic E-state index is 5.53. The molecule has 1 unspecified atom stereocenters. The molecule has 1 atom stereocenters. The second kappa shape index (κ2) is 7.54. The van der Waals surface area contributed by atoms with Crippen molar-refractivity contribution in [1.29, 1.82) is 0 Å². The van der Waals surface area contributed by atoms with Gasteiger partial charge >= 0.3 is 0 Å². The quantitative estimate of drug-likeness (QED) is 0.885. The summed E-state index contributed by atoms with van der Waals surface area (Å²) >= 11 is 0. The van der Waals surface area contributed by atoms with Crippen LogP contribution >= 0.6 is 12.4 Å². The Morgan fingerprint density at radius 2 is 1.64 bits per heavy atom. The maximum Gasteiger partial charge on any atom is 0.161 e. The Hall–Kier alpha value is -1.91. The number of nitrogens with one attached hydrogen (secondary N) is 1. The van der Waals surface area contributed by atoms with Gasteiger partial charge in [0.2, 0.25) is 0 Å². The van der Waals surface area contributed by atoms with E-state index >= 15 is 0 Å². The molecule has 0 saturated heterocycles. The number of ether oxygens (including phenoxy) is 3. The van der Waals surface area contributed by atoms with Gasteiger partial charge in [0.15, 0.2) is 11.5 Å². The van der Waals surface area contributed by atoms with Crippen molar-refractivity contribution in [2.45, 2.75) is 31.8 Å². The highest BCUT2D eigenvalue weighted by Crippen LogP contribution is 2.44. The fourth-order valence-electron chi connectivity index (χ4n) is 3.59. The van der Waals surface area contributed by atoms with Crippen LogP contribution in [0, 0.1) is 0 Å². The number of hydrogen-bond acceptors (Lipinski definition) is 4. The first-order valence-electron chi connectivity index (χ1n) is 8.14. The molecule has 25 heavy (non-hydrogen) atoms. The zero-order chi connectivity index (χ0) is 17.3. The average Bonchev–Trinajstić information content (AvgIpc) is 2.60. The van der Waals surface area contributed by atoms with Crippen LogP contribution in [0.5, 0.6) is 17.2 Å². The summed E-state index contributed by atoms with van der Waals surface area (Å²) in [4.78, 5) is 0. The fraction of sp³-hybridized carbons (Fsp3) is 0.400. The Bertz CT molecular complexity index is 746. The number of rotatable bonds is 4. The standard InChI is InChI=1S/C20H25NO3.ClH/c1-20(2)19(13-7-6-8-15(9-13)22-3)16-11-18(24-5)17(23-4)10-14(16)12-21-20;/h6-11,19,21H,12H2,1-5H3;1H. The van der Waals surface area contributed by atoms with Crippen molar-refractivity contribution >= 4 is 12.4 Å². The van der Waals surface area contributed by atoms with Gasteiger partial charge in [-0.1, -0.05) is 12.1 Å². The highest BCUT2D eigenvalue weighted by atomic mass is 35.5. The monoisotopic (exact) mass is 363 g/mol. The first kappa shape index (κ1) is 19.4. The number of methoxy groups -OCH3 is 3. The third-order valence-electron chi connectivity index (χ3n) is 4.84. The van der Waals surface area contributed by atoms with Crippen LogP contribution in [0.1, 0.15) is 36.5 Å². The van der Waals surface area contributed by atoms with Gasteiger partial charge in [-0.2, -0.15) is 0 Å². The molecule has 0 radical (unpaired) electrons. The van der Waals surface area contributed by atoms with Crippen LogP contribution in [0.4, 0.5) is 0 Å². The molecular formula is C20H26ClNO3. The zero-order valence-corrected chi connectivity index (χ0v) is 16.2. The summed E-state index contributed by atoms with van der Waals surface area (Å²) in [5.41, 5.74) is 3.64. The van der Waals surface area contributed by atoms with Gasteiger partial charge < -0.3 is 19.5 Å². The van der Waals surface area contributed by atoms with Crippen molar-refractivity contribution in [2.24, 2.45) is 0 Å². The smallest absolute Gasteiger partial charge is 0.161 e. The van der Waals surface area contributed by atoms with Gasteiger partial charge in [0, 0.05) is 18.0 Å². The minimum atomic E-state index is -0.0844. The van der Waals surface area contributed by atoms with E-state index in [0.29, 0.717) is 0 Å². The summed E-state index contributed by atoms with van der Waals surface area (Å²) < 4.78 is 16.4. The molecule has 1 heterocycles. The average molecular weight is 364 g/mol. The lowest BCUT2D eigenvalue weighted by atomic mass is 9.73. The number of hydrogen-bond donors (Lipinski definition) is 1. The SMILES string of the molecule is COc1cccc(C2c3cc(OC)c(OC)cc3CNC2(C)C)c1.Cl. The molecule has 2 aromatic rings. The van der Waals surface area contributed by atoms with Crippen LogP contribution in [0.3, 0.4) is 0 Å². The fourth-order valence-corrected chi connectivity index (χ4v) is 3.59. The minimum absolute atomic E-state index is 0. The molecule has 0 fully saturated rings. The summed E-state index contributed by atoms with van der Waals surface area (Å²) in [5, 5.41) is 3.65. The van der Waals surface area contributed by atoms with Gasteiger partial charge in [0.25, 0.3) is 0 Å². The lowest BCUT2D eigenvalue weighted by Crippen LogP contribution is -2.48. The highest BCUT2D eigenvalue weighted by molar-refractivity contribution is 5.85. The molecule has 2 aromatic carbocycles. The first-order valence-corrected chi connectivity index (χ1v) is 8.14. The molecule has 0 aromatic heterocycles. The van der Waals surface area contributed by atoms with Gasteiger partial charge in [0.1, 0.15) is 5.75 Å². The molecular weight excluding hydrogens is 338 g/mol. The molecule has 0 spiro atoms. The lowest BCUT2D eigenvalue weighted by Gasteiger charge is -2.42. The Morgan fingerprint density at radius 1 is 0.960 bits per heavy atom. The van der Waals surface area contributed by atoms with Crippen LogP contribution in [-0.4, -0.2) is 26.9 Å². The first-order chi connectivity index (χ1) is 11.5. The van der Waals surface area contributed by atoms with E-state index in [1.165, 1.54) is 16.7 Å². The van der Waals surface area contributed by atoms with E-state index in [1.807, 2.05) is 12.1 Å². The topological polar surface area (TPSA) is 39.7 Å². The molecule has 5 heteroatoms. The molecule has 0 amide bonds. The number of benzene rings is 2. The third kappa shape index (κ3) is 3.55. The predicted molar refractivity (Wildman–Crippen MR) is 103 cm³/mol. The Morgan fingerprint density at radius 3 is 2.28 bits per heavy atom. The molecule has 3 rings (SSSR count). The highest BCUT2D eigenvalue weighted by Gasteiger charge is 2.37. The van der Waals surface area contributed by atoms with Crippen molar-refractivity contribution in [2.75, 3.05) is 21.3 Å². The van der Waals surface area contributed by atoms with Crippen LogP contribution in [0.2, 0.25) is 0 Å². The van der Waals surface area contributed by atoms with Crippen molar-refractivity contribution < 1.29 is 14.2 Å². The summed E-state index contributed by atoms with van der Waals surface area (Å²) in [5.74, 6) is 2.59. The number of fused-ring (bicyclic) bond motifs is 1. The third-order valence-corrected chi connectivity index (χ3v) is 4.84. The van der Waals surface area contributed by atoms with Gasteiger partial charge in [-0.15, -0.1) is 12.4 Å². The molecule has 1 aliphatic heterocycles. The summed E-state index contributed by atoms with van der Waals surface area (Å²) in [7, 11) is 5.05. The van der Waals surface area contributed by atoms with Gasteiger partial charge in [-0.25, -0.2) is 0 Å². The van der Waals surface area contributed by atoms with Gasteiger partial charge in [-0.3, -0.25) is 0 Å². The zero-order valence-electron chi connectivity index (χ0n) is 15.4. The van der Waals surface area contributed by atoms with Crippen molar-refractivity contribution in [1.82, 2.24) is 5.32 Å². The molecule has 0 bridgehead atoms. The van der Waals surface area contributed by atoms with Crippen molar-refractivity contribution in [3.63, 3.8) is 0 Å². The number of halogens is 1. The Kier molecular flexibility index (Phi) is 5.86. The van der Waals surface area contributed by atoms with Crippen LogP contribution in [0.25, 0.3) is 0 Å². The normalized spacial score (nSPS) is 17.9. The van der Waals surface area contributed by atoms with Crippen LogP contribution in [0.15, 0.2) is 36.4 Å². The van der Waals surface area contributed by atoms with Crippen molar-refractivity contribution in [3.05, 3.63) is 53.1 Å². The van der Waals surface area contributed by atoms with E-state index in [0.717, 1.165) is 23.8 Å². The molecule has 0 aliphatic carbocycles. The van der Waals surface area contributed by atoms with Gasteiger partial charge in [0.05, 0.1) is 21.3 Å². The molecule has 136 valence electrons. The van der Waals surface area contributed by atoms with E-state index in [9.17, 15) is 0 Å². The van der Waals surface area contributed by atoms with E-state index < -0.39 is 0 Å². The Balaban J connectivity index is 0.00000225. The van der Waals surface area contributed by atoms with E-state index in [2.05, 4.69) is 43.4 Å². The second-order valence-corrected chi connectivity index (χ2v) is 6.69. The van der Waals surface area contributed by atoms with E-state index in [4.69, 9.17) is 14.2 Å². The summed E-state index contributed by atoms with van der Waals surface area (Å²) in [6, 6.07) is 12.5. The summed E-state index contributed by atoms with van der Waals surface area (Å²) in [6.07, 6.45) is 0.